The van der Waals surface area contributed by atoms with E-state index in [1.165, 1.54) is 0 Å². The summed E-state index contributed by atoms with van der Waals surface area (Å²) in [5.74, 6) is -0.143. The van der Waals surface area contributed by atoms with E-state index in [4.69, 9.17) is 0 Å². The fraction of sp³-hybridized carbons (Fsp3) is 0.111. The van der Waals surface area contributed by atoms with E-state index in [-0.39, 0.29) is 11.9 Å². The summed E-state index contributed by atoms with van der Waals surface area (Å²) >= 11 is 0. The fourth-order valence-corrected chi connectivity index (χ4v) is 2.69. The van der Waals surface area contributed by atoms with Crippen LogP contribution in [0.5, 0.6) is 0 Å². The first-order valence-electron chi connectivity index (χ1n) is 7.90. The molecule has 0 unspecified atom stereocenters. The van der Waals surface area contributed by atoms with E-state index < -0.39 is 0 Å². The van der Waals surface area contributed by atoms with Crippen molar-refractivity contribution in [3.05, 3.63) is 72.3 Å². The van der Waals surface area contributed by atoms with Gasteiger partial charge in [-0.15, -0.1) is 0 Å². The number of fused-ring (bicyclic) bond motifs is 1. The predicted molar refractivity (Wildman–Crippen MR) is 93.3 cm³/mol. The summed E-state index contributed by atoms with van der Waals surface area (Å²) in [5, 5.41) is 13.5. The van der Waals surface area contributed by atoms with E-state index in [9.17, 15) is 4.79 Å². The summed E-state index contributed by atoms with van der Waals surface area (Å²) in [6.07, 6.45) is 5.38. The van der Waals surface area contributed by atoms with Crippen LogP contribution in [0.2, 0.25) is 0 Å². The molecule has 0 aliphatic heterocycles. The van der Waals surface area contributed by atoms with Gasteiger partial charge in [0.2, 0.25) is 0 Å². The fourth-order valence-electron chi connectivity index (χ4n) is 2.69. The lowest BCUT2D eigenvalue weighted by molar-refractivity contribution is 0.0940. The Morgan fingerprint density at radius 3 is 2.68 bits per heavy atom. The maximum absolute atomic E-state index is 12.5. The molecule has 0 saturated heterocycles. The number of carbonyl (C=O) groups is 1. The van der Waals surface area contributed by atoms with Crippen LogP contribution in [0.15, 0.2) is 61.2 Å². The molecule has 2 heterocycles. The van der Waals surface area contributed by atoms with Crippen molar-refractivity contribution in [1.29, 1.82) is 0 Å². The van der Waals surface area contributed by atoms with Crippen molar-refractivity contribution in [2.45, 2.75) is 13.0 Å². The van der Waals surface area contributed by atoms with Crippen LogP contribution in [-0.4, -0.2) is 30.9 Å². The number of benzene rings is 2. The number of amides is 1. The Kier molecular flexibility index (Phi) is 3.74. The second kappa shape index (κ2) is 6.20. The lowest BCUT2D eigenvalue weighted by Crippen LogP contribution is -2.26. The Morgan fingerprint density at radius 1 is 1.12 bits per heavy atom. The van der Waals surface area contributed by atoms with Crippen LogP contribution in [0.25, 0.3) is 16.7 Å². The van der Waals surface area contributed by atoms with Crippen molar-refractivity contribution in [2.75, 3.05) is 0 Å². The van der Waals surface area contributed by atoms with Crippen molar-refractivity contribution in [3.63, 3.8) is 0 Å². The quantitative estimate of drug-likeness (QED) is 0.601. The molecule has 25 heavy (non-hydrogen) atoms. The van der Waals surface area contributed by atoms with E-state index in [2.05, 4.69) is 25.7 Å². The Hall–Kier alpha value is -3.48. The third kappa shape index (κ3) is 2.99. The van der Waals surface area contributed by atoms with Gasteiger partial charge in [0.05, 0.1) is 12.4 Å². The SMILES string of the molecule is C[C@@H](NC(=O)c1ccc2n[nH]nc2c1)c1ccc(-n2ccnc2)cc1. The minimum absolute atomic E-state index is 0.114. The maximum atomic E-state index is 12.5. The Labute approximate surface area is 143 Å². The molecule has 2 aromatic carbocycles. The third-order valence-electron chi connectivity index (χ3n) is 4.12. The van der Waals surface area contributed by atoms with E-state index in [0.717, 1.165) is 16.8 Å². The molecule has 0 radical (unpaired) electrons. The molecule has 0 aliphatic rings. The molecule has 4 aromatic rings. The average Bonchev–Trinajstić information content (AvgIpc) is 3.32. The number of aromatic amines is 1. The number of nitrogens with zero attached hydrogens (tertiary/aromatic N) is 4. The summed E-state index contributed by atoms with van der Waals surface area (Å²) in [6.45, 7) is 1.96. The zero-order valence-electron chi connectivity index (χ0n) is 13.5. The molecular weight excluding hydrogens is 316 g/mol. The summed E-state index contributed by atoms with van der Waals surface area (Å²) < 4.78 is 1.93. The molecule has 124 valence electrons. The predicted octanol–water partition coefficient (Wildman–Crippen LogP) is 2.63. The first-order chi connectivity index (χ1) is 12.2. The van der Waals surface area contributed by atoms with Gasteiger partial charge < -0.3 is 9.88 Å². The second-order valence-electron chi connectivity index (χ2n) is 5.78. The van der Waals surface area contributed by atoms with E-state index in [1.807, 2.05) is 42.0 Å². The van der Waals surface area contributed by atoms with Gasteiger partial charge in [0, 0.05) is 23.6 Å². The molecule has 0 saturated carbocycles. The van der Waals surface area contributed by atoms with Crippen molar-refractivity contribution >= 4 is 16.9 Å². The summed E-state index contributed by atoms with van der Waals surface area (Å²) in [6, 6.07) is 13.1. The van der Waals surface area contributed by atoms with Gasteiger partial charge in [-0.3, -0.25) is 4.79 Å². The minimum Gasteiger partial charge on any atom is -0.346 e. The van der Waals surface area contributed by atoms with Gasteiger partial charge in [-0.25, -0.2) is 4.98 Å². The van der Waals surface area contributed by atoms with Crippen molar-refractivity contribution in [2.24, 2.45) is 0 Å². The molecular formula is C18H16N6O. The first-order valence-corrected chi connectivity index (χ1v) is 7.90. The molecule has 7 nitrogen and oxygen atoms in total. The van der Waals surface area contributed by atoms with Crippen molar-refractivity contribution < 1.29 is 4.79 Å². The van der Waals surface area contributed by atoms with Crippen LogP contribution >= 0.6 is 0 Å². The van der Waals surface area contributed by atoms with Crippen LogP contribution in [0.3, 0.4) is 0 Å². The zero-order chi connectivity index (χ0) is 17.2. The third-order valence-corrected chi connectivity index (χ3v) is 4.12. The van der Waals surface area contributed by atoms with E-state index in [1.54, 1.807) is 30.7 Å². The van der Waals surface area contributed by atoms with Crippen LogP contribution in [0.1, 0.15) is 28.9 Å². The number of H-pyrrole nitrogens is 1. The monoisotopic (exact) mass is 332 g/mol. The van der Waals surface area contributed by atoms with Crippen LogP contribution in [0.4, 0.5) is 0 Å². The van der Waals surface area contributed by atoms with Crippen molar-refractivity contribution in [1.82, 2.24) is 30.3 Å². The highest BCUT2D eigenvalue weighted by molar-refractivity contribution is 5.97. The lowest BCUT2D eigenvalue weighted by Gasteiger charge is -2.15. The first kappa shape index (κ1) is 15.1. The van der Waals surface area contributed by atoms with Crippen LogP contribution in [-0.2, 0) is 0 Å². The molecule has 0 spiro atoms. The van der Waals surface area contributed by atoms with Crippen LogP contribution < -0.4 is 5.32 Å². The molecule has 0 bridgehead atoms. The number of aromatic nitrogens is 5. The number of rotatable bonds is 4. The Bertz CT molecular complexity index is 1000. The van der Waals surface area contributed by atoms with E-state index >= 15 is 0 Å². The lowest BCUT2D eigenvalue weighted by atomic mass is 10.1. The molecule has 0 aliphatic carbocycles. The normalized spacial score (nSPS) is 12.2. The number of imidazole rings is 1. The second-order valence-corrected chi connectivity index (χ2v) is 5.78. The Morgan fingerprint density at radius 2 is 1.92 bits per heavy atom. The van der Waals surface area contributed by atoms with Gasteiger partial charge in [-0.05, 0) is 42.8 Å². The van der Waals surface area contributed by atoms with Crippen molar-refractivity contribution in [3.8, 4) is 5.69 Å². The molecule has 7 heteroatoms. The largest absolute Gasteiger partial charge is 0.346 e. The highest BCUT2D eigenvalue weighted by Gasteiger charge is 2.13. The molecule has 1 atom stereocenters. The van der Waals surface area contributed by atoms with Gasteiger partial charge >= 0.3 is 0 Å². The summed E-state index contributed by atoms with van der Waals surface area (Å²) in [4.78, 5) is 16.5. The zero-order valence-corrected chi connectivity index (χ0v) is 13.5. The molecule has 0 fully saturated rings. The Balaban J connectivity index is 1.49. The van der Waals surface area contributed by atoms with Gasteiger partial charge in [-0.2, -0.15) is 15.4 Å². The number of nitrogens with one attached hydrogen (secondary N) is 2. The topological polar surface area (TPSA) is 88.5 Å². The average molecular weight is 332 g/mol. The standard InChI is InChI=1S/C18H16N6O/c1-12(13-2-5-15(6-3-13)24-9-8-19-11-24)20-18(25)14-4-7-16-17(10-14)22-23-21-16/h2-12H,1H3,(H,20,25)(H,21,22,23)/t12-/m1/s1. The summed E-state index contributed by atoms with van der Waals surface area (Å²) in [7, 11) is 0. The number of carbonyl (C=O) groups excluding carboxylic acids is 1. The molecule has 2 aromatic heterocycles. The number of hydrogen-bond donors (Lipinski definition) is 2. The molecule has 4 rings (SSSR count). The minimum atomic E-state index is -0.143. The molecule has 2 N–H and O–H groups in total. The smallest absolute Gasteiger partial charge is 0.251 e. The molecule has 1 amide bonds. The van der Waals surface area contributed by atoms with Crippen LogP contribution in [0, 0.1) is 0 Å². The van der Waals surface area contributed by atoms with E-state index in [0.29, 0.717) is 11.1 Å². The van der Waals surface area contributed by atoms with Gasteiger partial charge in [0.15, 0.2) is 0 Å². The van der Waals surface area contributed by atoms with Gasteiger partial charge in [0.1, 0.15) is 11.0 Å². The maximum Gasteiger partial charge on any atom is 0.251 e. The van der Waals surface area contributed by atoms with Gasteiger partial charge in [0.25, 0.3) is 5.91 Å². The van der Waals surface area contributed by atoms with Gasteiger partial charge in [-0.1, -0.05) is 12.1 Å². The number of hydrogen-bond acceptors (Lipinski definition) is 4. The summed E-state index contributed by atoms with van der Waals surface area (Å²) in [5.41, 5.74) is 4.02. The highest BCUT2D eigenvalue weighted by atomic mass is 16.1. The highest BCUT2D eigenvalue weighted by Crippen LogP contribution is 2.17.